The van der Waals surface area contributed by atoms with Crippen LogP contribution < -0.4 is 0 Å². The maximum absolute atomic E-state index is 11.4. The maximum Gasteiger partial charge on any atom is 0.469 e. The van der Waals surface area contributed by atoms with E-state index in [2.05, 4.69) is 6.92 Å². The van der Waals surface area contributed by atoms with E-state index in [1.165, 1.54) is 50.7 Å². The van der Waals surface area contributed by atoms with Gasteiger partial charge >= 0.3 is 13.8 Å². The summed E-state index contributed by atoms with van der Waals surface area (Å²) in [5.74, 6) is -1.09. The molecule has 1 rings (SSSR count). The number of ether oxygens (including phenoxy) is 1. The van der Waals surface area contributed by atoms with E-state index in [4.69, 9.17) is 9.26 Å². The summed E-state index contributed by atoms with van der Waals surface area (Å²) < 4.78 is 21.3. The van der Waals surface area contributed by atoms with Crippen molar-refractivity contribution in [3.8, 4) is 0 Å². The summed E-state index contributed by atoms with van der Waals surface area (Å²) >= 11 is 0. The van der Waals surface area contributed by atoms with E-state index in [1.54, 1.807) is 13.0 Å². The lowest BCUT2D eigenvalue weighted by Gasteiger charge is -2.28. The molecule has 0 unspecified atom stereocenters. The van der Waals surface area contributed by atoms with E-state index in [0.717, 1.165) is 25.3 Å². The first-order valence-corrected chi connectivity index (χ1v) is 13.3. The lowest BCUT2D eigenvalue weighted by Crippen LogP contribution is -2.32. The van der Waals surface area contributed by atoms with Gasteiger partial charge in [-0.15, -0.1) is 0 Å². The Kier molecular flexibility index (Phi) is 14.3. The topological polar surface area (TPSA) is 134 Å². The third kappa shape index (κ3) is 12.9. The molecule has 1 aliphatic rings. The Morgan fingerprint density at radius 1 is 1.12 bits per heavy atom. The number of hydrogen-bond acceptors (Lipinski definition) is 6. The van der Waals surface area contributed by atoms with Gasteiger partial charge in [-0.3, -0.25) is 4.52 Å². The van der Waals surface area contributed by atoms with Crippen LogP contribution in [0.15, 0.2) is 24.3 Å². The molecular formula is C23H41O8P. The first-order chi connectivity index (χ1) is 15.1. The van der Waals surface area contributed by atoms with Crippen molar-refractivity contribution in [1.82, 2.24) is 0 Å². The minimum atomic E-state index is -4.75. The van der Waals surface area contributed by atoms with Gasteiger partial charge in [0.25, 0.3) is 0 Å². The number of esters is 1. The van der Waals surface area contributed by atoms with Crippen molar-refractivity contribution in [2.24, 2.45) is 5.92 Å². The van der Waals surface area contributed by atoms with E-state index in [-0.39, 0.29) is 6.42 Å². The molecule has 0 spiro atoms. The predicted molar refractivity (Wildman–Crippen MR) is 123 cm³/mol. The van der Waals surface area contributed by atoms with Gasteiger partial charge in [-0.2, -0.15) is 0 Å². The first kappa shape index (κ1) is 29.0. The van der Waals surface area contributed by atoms with Gasteiger partial charge in [0.05, 0.1) is 12.2 Å². The summed E-state index contributed by atoms with van der Waals surface area (Å²) in [5, 5.41) is 20.4. The second-order valence-corrected chi connectivity index (χ2v) is 9.79. The highest BCUT2D eigenvalue weighted by molar-refractivity contribution is 7.46. The van der Waals surface area contributed by atoms with E-state index in [1.807, 2.05) is 0 Å². The lowest BCUT2D eigenvalue weighted by atomic mass is 9.91. The number of hydrogen-bond donors (Lipinski definition) is 4. The van der Waals surface area contributed by atoms with Crippen molar-refractivity contribution in [3.63, 3.8) is 0 Å². The second-order valence-electron chi connectivity index (χ2n) is 8.59. The summed E-state index contributed by atoms with van der Waals surface area (Å²) in [7, 11) is -4.75. The molecule has 0 radical (unpaired) electrons. The molecule has 9 heteroatoms. The van der Waals surface area contributed by atoms with Crippen LogP contribution in [0, 0.1) is 5.92 Å². The number of carbonyl (C=O) groups excluding carboxylic acids is 1. The molecule has 186 valence electrons. The zero-order valence-electron chi connectivity index (χ0n) is 19.3. The van der Waals surface area contributed by atoms with E-state index in [0.29, 0.717) is 6.42 Å². The highest BCUT2D eigenvalue weighted by Gasteiger charge is 2.30. The molecule has 0 aromatic carbocycles. The Bertz CT molecular complexity index is 629. The van der Waals surface area contributed by atoms with E-state index < -0.39 is 44.1 Å². The number of unbranched alkanes of at least 4 members (excludes halogenated alkanes) is 8. The lowest BCUT2D eigenvalue weighted by molar-refractivity contribution is -0.146. The summed E-state index contributed by atoms with van der Waals surface area (Å²) in [6.07, 6.45) is 13.1. The number of aliphatic hydroxyl groups excluding tert-OH is 2. The fourth-order valence-electron chi connectivity index (χ4n) is 3.73. The van der Waals surface area contributed by atoms with Crippen LogP contribution in [-0.2, 0) is 18.6 Å². The van der Waals surface area contributed by atoms with Gasteiger partial charge in [-0.05, 0) is 25.0 Å². The minimum Gasteiger partial charge on any atom is -0.452 e. The highest BCUT2D eigenvalue weighted by atomic mass is 31.2. The van der Waals surface area contributed by atoms with Crippen molar-refractivity contribution in [3.05, 3.63) is 24.3 Å². The third-order valence-electron chi connectivity index (χ3n) is 5.78. The highest BCUT2D eigenvalue weighted by Crippen LogP contribution is 2.41. The van der Waals surface area contributed by atoms with Crippen molar-refractivity contribution >= 4 is 13.8 Å². The zero-order valence-corrected chi connectivity index (χ0v) is 20.2. The molecule has 32 heavy (non-hydrogen) atoms. The number of cyclic esters (lactones) is 1. The van der Waals surface area contributed by atoms with Crippen molar-refractivity contribution in [2.75, 3.05) is 0 Å². The van der Waals surface area contributed by atoms with Gasteiger partial charge in [0.2, 0.25) is 0 Å². The monoisotopic (exact) mass is 476 g/mol. The molecule has 0 aromatic rings. The minimum absolute atomic E-state index is 0.0889. The van der Waals surface area contributed by atoms with Crippen LogP contribution in [0.5, 0.6) is 0 Å². The van der Waals surface area contributed by atoms with E-state index >= 15 is 0 Å². The average Bonchev–Trinajstić information content (AvgIpc) is 2.72. The molecular weight excluding hydrogens is 435 g/mol. The summed E-state index contributed by atoms with van der Waals surface area (Å²) in [5.41, 5.74) is 0. The fraction of sp³-hybridized carbons (Fsp3) is 0.783. The van der Waals surface area contributed by atoms with Crippen LogP contribution >= 0.6 is 7.82 Å². The predicted octanol–water partition coefficient (Wildman–Crippen LogP) is 4.17. The molecule has 5 atom stereocenters. The fourth-order valence-corrected chi connectivity index (χ4v) is 4.37. The smallest absolute Gasteiger partial charge is 0.452 e. The quantitative estimate of drug-likeness (QED) is 0.106. The van der Waals surface area contributed by atoms with E-state index in [9.17, 15) is 29.4 Å². The molecule has 1 aliphatic heterocycles. The Balaban J connectivity index is 2.46. The van der Waals surface area contributed by atoms with Crippen LogP contribution in [0.2, 0.25) is 0 Å². The molecule has 0 saturated heterocycles. The molecule has 0 aliphatic carbocycles. The Morgan fingerprint density at radius 2 is 1.72 bits per heavy atom. The standard InChI is InChI=1S/C23H41O8P/c1-3-4-5-6-7-8-9-10-11-13-19(24)18(2)21(31-32(27,28)29)14-12-15-22-20(25)16-17-23(26)30-22/h12,15-22,24-25H,3-11,13-14H2,1-2H3,(H2,27,28,29)/b15-12+/t18-,19-,20-,21-,22-/m0/s1. The molecule has 1 heterocycles. The normalized spacial score (nSPS) is 22.1. The SMILES string of the molecule is CCCCCCCCCCC[C@H](O)[C@H](C)[C@H](C/C=C/[C@@H]1OC(=O)C=C[C@@H]1O)OP(=O)(O)O. The third-order valence-corrected chi connectivity index (χ3v) is 6.33. The van der Waals surface area contributed by atoms with Crippen LogP contribution in [0.3, 0.4) is 0 Å². The molecule has 0 fully saturated rings. The van der Waals surface area contributed by atoms with Gasteiger partial charge in [0, 0.05) is 12.0 Å². The molecule has 0 amide bonds. The number of carbonyl (C=O) groups is 1. The Labute approximate surface area is 191 Å². The van der Waals surface area contributed by atoms with Crippen molar-refractivity contribution < 1.29 is 38.6 Å². The van der Waals surface area contributed by atoms with Gasteiger partial charge < -0.3 is 24.7 Å². The Morgan fingerprint density at radius 3 is 2.31 bits per heavy atom. The van der Waals surface area contributed by atoms with Crippen molar-refractivity contribution in [1.29, 1.82) is 0 Å². The second kappa shape index (κ2) is 15.8. The summed E-state index contributed by atoms with van der Waals surface area (Å²) in [6, 6.07) is 0. The van der Waals surface area contributed by atoms with Gasteiger partial charge in [0.15, 0.2) is 0 Å². The number of aliphatic hydroxyl groups is 2. The Hall–Kier alpha value is -1.02. The average molecular weight is 477 g/mol. The number of phosphoric acid groups is 1. The largest absolute Gasteiger partial charge is 0.469 e. The van der Waals surface area contributed by atoms with Crippen LogP contribution in [0.25, 0.3) is 0 Å². The molecule has 0 aromatic heterocycles. The zero-order chi connectivity index (χ0) is 24.0. The van der Waals surface area contributed by atoms with Gasteiger partial charge in [-0.1, -0.05) is 77.7 Å². The van der Waals surface area contributed by atoms with Crippen LogP contribution in [0.4, 0.5) is 0 Å². The molecule has 8 nitrogen and oxygen atoms in total. The number of phosphoric ester groups is 1. The summed E-state index contributed by atoms with van der Waals surface area (Å²) in [6.45, 7) is 3.90. The van der Waals surface area contributed by atoms with Gasteiger partial charge in [-0.25, -0.2) is 9.36 Å². The molecule has 0 bridgehead atoms. The van der Waals surface area contributed by atoms with Gasteiger partial charge in [0.1, 0.15) is 12.2 Å². The molecule has 0 saturated carbocycles. The maximum atomic E-state index is 11.4. The van der Waals surface area contributed by atoms with Crippen molar-refractivity contribution in [2.45, 2.75) is 109 Å². The first-order valence-electron chi connectivity index (χ1n) is 11.8. The summed E-state index contributed by atoms with van der Waals surface area (Å²) in [4.78, 5) is 29.8. The molecule has 4 N–H and O–H groups in total. The van der Waals surface area contributed by atoms with Crippen LogP contribution in [-0.4, -0.2) is 50.4 Å². The van der Waals surface area contributed by atoms with Crippen LogP contribution in [0.1, 0.15) is 84.5 Å². The number of rotatable bonds is 17.